The third-order valence-corrected chi connectivity index (χ3v) is 7.22. The average molecular weight is 531 g/mol. The van der Waals surface area contributed by atoms with Gasteiger partial charge < -0.3 is 10.0 Å². The van der Waals surface area contributed by atoms with Gasteiger partial charge in [-0.15, -0.1) is 0 Å². The van der Waals surface area contributed by atoms with Crippen molar-refractivity contribution < 1.29 is 9.50 Å². The van der Waals surface area contributed by atoms with Crippen molar-refractivity contribution in [3.8, 4) is 11.1 Å². The molecule has 0 radical (unpaired) electrons. The minimum Gasteiger partial charge on any atom is -0.381 e. The SMILES string of the molecule is Cn1cc(-c2cc3c(N4CC=C(c5ncc(C(C)(O)c6ccc(Cl)c(F)c6)cn5)CC4)ncnn3c2)cn1. The minimum absolute atomic E-state index is 0.00281. The van der Waals surface area contributed by atoms with Gasteiger partial charge in [-0.25, -0.2) is 23.9 Å². The van der Waals surface area contributed by atoms with Crippen LogP contribution in [0.3, 0.4) is 0 Å². The molecule has 0 bridgehead atoms. The molecular weight excluding hydrogens is 507 g/mol. The fourth-order valence-electron chi connectivity index (χ4n) is 4.66. The molecule has 1 atom stereocenters. The lowest BCUT2D eigenvalue weighted by Gasteiger charge is -2.27. The Balaban J connectivity index is 1.21. The number of nitrogens with zero attached hydrogens (tertiary/aromatic N) is 8. The first-order chi connectivity index (χ1) is 18.3. The summed E-state index contributed by atoms with van der Waals surface area (Å²) in [6.07, 6.45) is 13.3. The van der Waals surface area contributed by atoms with E-state index in [9.17, 15) is 9.50 Å². The second kappa shape index (κ2) is 9.30. The lowest BCUT2D eigenvalue weighted by atomic mass is 9.90. The van der Waals surface area contributed by atoms with Crippen molar-refractivity contribution in [3.63, 3.8) is 0 Å². The predicted octanol–water partition coefficient (Wildman–Crippen LogP) is 4.26. The number of hydrogen-bond donors (Lipinski definition) is 1. The van der Waals surface area contributed by atoms with E-state index in [1.54, 1.807) is 36.4 Å². The standard InChI is InChI=1S/C27H24ClFN8O/c1-27(38,20-3-4-22(28)23(29)10-20)21-12-30-25(31-13-21)17-5-7-36(8-6-17)26-24-9-18(15-37(24)34-16-32-26)19-11-33-35(2)14-19/h3-5,9-16,38H,6-8H2,1-2H3. The summed E-state index contributed by atoms with van der Waals surface area (Å²) in [5.41, 5.74) is 3.35. The highest BCUT2D eigenvalue weighted by atomic mass is 35.5. The van der Waals surface area contributed by atoms with Crippen molar-refractivity contribution >= 4 is 28.5 Å². The summed E-state index contributed by atoms with van der Waals surface area (Å²) in [6.45, 7) is 2.96. The van der Waals surface area contributed by atoms with Crippen LogP contribution in [0, 0.1) is 5.82 Å². The fourth-order valence-corrected chi connectivity index (χ4v) is 4.78. The molecule has 5 heterocycles. The number of hydrogen-bond acceptors (Lipinski definition) is 7. The van der Waals surface area contributed by atoms with Gasteiger partial charge in [0.05, 0.1) is 11.2 Å². The number of rotatable bonds is 5. The third kappa shape index (κ3) is 4.31. The second-order valence-electron chi connectivity index (χ2n) is 9.47. The first kappa shape index (κ1) is 24.2. The molecule has 1 aliphatic rings. The van der Waals surface area contributed by atoms with Crippen molar-refractivity contribution in [2.45, 2.75) is 18.9 Å². The van der Waals surface area contributed by atoms with Gasteiger partial charge in [0.2, 0.25) is 0 Å². The van der Waals surface area contributed by atoms with Gasteiger partial charge in [-0.05, 0) is 42.7 Å². The Bertz CT molecular complexity index is 1670. The summed E-state index contributed by atoms with van der Waals surface area (Å²) in [5, 5.41) is 19.7. The van der Waals surface area contributed by atoms with Crippen LogP contribution in [0.15, 0.2) is 67.7 Å². The van der Waals surface area contributed by atoms with E-state index in [0.29, 0.717) is 23.5 Å². The molecule has 0 amide bonds. The molecule has 5 aromatic rings. The van der Waals surface area contributed by atoms with Crippen LogP contribution >= 0.6 is 11.6 Å². The van der Waals surface area contributed by atoms with E-state index in [4.69, 9.17) is 11.6 Å². The van der Waals surface area contributed by atoms with Gasteiger partial charge >= 0.3 is 0 Å². The highest BCUT2D eigenvalue weighted by Crippen LogP contribution is 2.32. The Kier molecular flexibility index (Phi) is 5.93. The fraction of sp³-hybridized carbons (Fsp3) is 0.222. The Labute approximate surface area is 222 Å². The number of halogens is 2. The molecular formula is C27H24ClFN8O. The first-order valence-electron chi connectivity index (χ1n) is 12.1. The van der Waals surface area contributed by atoms with Crippen LogP contribution in [0.1, 0.15) is 30.3 Å². The summed E-state index contributed by atoms with van der Waals surface area (Å²) in [5.74, 6) is 0.863. The molecule has 11 heteroatoms. The monoisotopic (exact) mass is 530 g/mol. The van der Waals surface area contributed by atoms with E-state index in [1.807, 2.05) is 30.2 Å². The Morgan fingerprint density at radius 3 is 2.50 bits per heavy atom. The van der Waals surface area contributed by atoms with Gasteiger partial charge in [-0.2, -0.15) is 10.2 Å². The minimum atomic E-state index is -1.47. The van der Waals surface area contributed by atoms with E-state index in [-0.39, 0.29) is 5.02 Å². The Morgan fingerprint density at radius 1 is 1.00 bits per heavy atom. The summed E-state index contributed by atoms with van der Waals surface area (Å²) in [6, 6.07) is 6.31. The molecule has 0 fully saturated rings. The van der Waals surface area contributed by atoms with E-state index in [2.05, 4.69) is 42.2 Å². The van der Waals surface area contributed by atoms with Gasteiger partial charge in [0.15, 0.2) is 11.6 Å². The number of anilines is 1. The van der Waals surface area contributed by atoms with Gasteiger partial charge in [0.25, 0.3) is 0 Å². The summed E-state index contributed by atoms with van der Waals surface area (Å²) >= 11 is 5.79. The number of aromatic nitrogens is 7. The van der Waals surface area contributed by atoms with E-state index >= 15 is 0 Å². The zero-order chi connectivity index (χ0) is 26.4. The molecule has 9 nitrogen and oxygen atoms in total. The summed E-state index contributed by atoms with van der Waals surface area (Å²) in [7, 11) is 1.89. The number of benzene rings is 1. The molecule has 0 aliphatic carbocycles. The van der Waals surface area contributed by atoms with E-state index in [0.717, 1.165) is 41.0 Å². The Hall–Kier alpha value is -4.15. The van der Waals surface area contributed by atoms with Crippen molar-refractivity contribution in [2.75, 3.05) is 18.0 Å². The molecule has 0 saturated carbocycles. The van der Waals surface area contributed by atoms with Crippen LogP contribution in [0.25, 0.3) is 22.2 Å². The smallest absolute Gasteiger partial charge is 0.156 e. The highest BCUT2D eigenvalue weighted by molar-refractivity contribution is 6.30. The lowest BCUT2D eigenvalue weighted by molar-refractivity contribution is 0.101. The highest BCUT2D eigenvalue weighted by Gasteiger charge is 2.28. The van der Waals surface area contributed by atoms with E-state index < -0.39 is 11.4 Å². The molecule has 0 saturated heterocycles. The van der Waals surface area contributed by atoms with Crippen molar-refractivity contribution in [1.82, 2.24) is 34.3 Å². The number of fused-ring (bicyclic) bond motifs is 1. The largest absolute Gasteiger partial charge is 0.381 e. The molecule has 1 aliphatic heterocycles. The maximum absolute atomic E-state index is 14.0. The van der Waals surface area contributed by atoms with Gasteiger partial charge in [-0.1, -0.05) is 23.7 Å². The second-order valence-corrected chi connectivity index (χ2v) is 9.87. The molecule has 38 heavy (non-hydrogen) atoms. The molecule has 1 aromatic carbocycles. The molecule has 1 N–H and O–H groups in total. The first-order valence-corrected chi connectivity index (χ1v) is 12.4. The van der Waals surface area contributed by atoms with Crippen LogP contribution in [-0.4, -0.2) is 52.5 Å². The lowest BCUT2D eigenvalue weighted by Crippen LogP contribution is -2.30. The predicted molar refractivity (Wildman–Crippen MR) is 142 cm³/mol. The third-order valence-electron chi connectivity index (χ3n) is 6.92. The van der Waals surface area contributed by atoms with Crippen molar-refractivity contribution in [2.24, 2.45) is 7.05 Å². The number of aliphatic hydroxyl groups is 1. The van der Waals surface area contributed by atoms with Crippen LogP contribution in [-0.2, 0) is 12.6 Å². The molecule has 192 valence electrons. The normalized spacial score (nSPS) is 15.5. The van der Waals surface area contributed by atoms with Crippen molar-refractivity contribution in [1.29, 1.82) is 0 Å². The van der Waals surface area contributed by atoms with Gasteiger partial charge in [-0.3, -0.25) is 4.68 Å². The topological polar surface area (TPSA) is 97.3 Å². The molecule has 0 spiro atoms. The maximum Gasteiger partial charge on any atom is 0.156 e. The number of aryl methyl sites for hydroxylation is 1. The quantitative estimate of drug-likeness (QED) is 0.362. The average Bonchev–Trinajstić information content (AvgIpc) is 3.56. The summed E-state index contributed by atoms with van der Waals surface area (Å²) in [4.78, 5) is 15.8. The van der Waals surface area contributed by atoms with Crippen LogP contribution in [0.5, 0.6) is 0 Å². The van der Waals surface area contributed by atoms with Gasteiger partial charge in [0, 0.05) is 61.6 Å². The Morgan fingerprint density at radius 2 is 1.82 bits per heavy atom. The van der Waals surface area contributed by atoms with Crippen LogP contribution < -0.4 is 4.90 Å². The summed E-state index contributed by atoms with van der Waals surface area (Å²) < 4.78 is 17.6. The maximum atomic E-state index is 14.0. The van der Waals surface area contributed by atoms with Crippen molar-refractivity contribution in [3.05, 3.63) is 95.4 Å². The van der Waals surface area contributed by atoms with Gasteiger partial charge in [0.1, 0.15) is 23.3 Å². The van der Waals surface area contributed by atoms with Crippen LogP contribution in [0.4, 0.5) is 10.2 Å². The van der Waals surface area contributed by atoms with E-state index in [1.165, 1.54) is 12.1 Å². The zero-order valence-electron chi connectivity index (χ0n) is 20.8. The zero-order valence-corrected chi connectivity index (χ0v) is 21.5. The molecule has 6 rings (SSSR count). The molecule has 1 unspecified atom stereocenters. The van der Waals surface area contributed by atoms with Crippen LogP contribution in [0.2, 0.25) is 5.02 Å². The molecule has 4 aromatic heterocycles.